The second-order valence-electron chi connectivity index (χ2n) is 4.42. The van der Waals surface area contributed by atoms with E-state index in [2.05, 4.69) is 5.32 Å². The number of nitrogens with one attached hydrogen (secondary N) is 1. The summed E-state index contributed by atoms with van der Waals surface area (Å²) in [6, 6.07) is 2.48. The maximum atomic E-state index is 13.5. The average molecular weight is 255 g/mol. The van der Waals surface area contributed by atoms with Gasteiger partial charge in [-0.1, -0.05) is 0 Å². The fourth-order valence-corrected chi connectivity index (χ4v) is 1.35. The number of benzene rings is 1. The Morgan fingerprint density at radius 2 is 2.17 bits per heavy atom. The molecule has 18 heavy (non-hydrogen) atoms. The summed E-state index contributed by atoms with van der Waals surface area (Å²) in [5, 5.41) is 11.8. The Kier molecular flexibility index (Phi) is 4.49. The molecule has 0 aromatic heterocycles. The predicted octanol–water partition coefficient (Wildman–Crippen LogP) is 1.47. The fourth-order valence-electron chi connectivity index (χ4n) is 1.35. The molecule has 5 nitrogen and oxygen atoms in total. The first kappa shape index (κ1) is 14.2. The van der Waals surface area contributed by atoms with E-state index < -0.39 is 17.3 Å². The minimum absolute atomic E-state index is 0.222. The topological polar surface area (TPSA) is 78.6 Å². The number of halogens is 1. The molecule has 0 radical (unpaired) electrons. The zero-order valence-corrected chi connectivity index (χ0v) is 10.7. The molecule has 1 rings (SSSR count). The van der Waals surface area contributed by atoms with Crippen molar-refractivity contribution in [3.63, 3.8) is 0 Å². The van der Waals surface area contributed by atoms with Crippen LogP contribution in [0.25, 0.3) is 0 Å². The molecule has 1 aromatic carbocycles. The molecule has 0 aliphatic rings. The molecule has 6 heteroatoms. The van der Waals surface area contributed by atoms with Gasteiger partial charge >= 0.3 is 5.97 Å². The third kappa shape index (κ3) is 3.33. The molecule has 0 aliphatic carbocycles. The molecule has 0 aliphatic heterocycles. The van der Waals surface area contributed by atoms with Crippen molar-refractivity contribution in [2.24, 2.45) is 0 Å². The van der Waals surface area contributed by atoms with Crippen molar-refractivity contribution >= 4 is 17.3 Å². The van der Waals surface area contributed by atoms with Crippen molar-refractivity contribution < 1.29 is 14.3 Å². The number of carboxylic acid groups (broad SMARTS) is 1. The van der Waals surface area contributed by atoms with Gasteiger partial charge in [0.1, 0.15) is 5.82 Å². The molecule has 1 unspecified atom stereocenters. The van der Waals surface area contributed by atoms with E-state index in [0.29, 0.717) is 12.2 Å². The number of carboxylic acids is 1. The van der Waals surface area contributed by atoms with Gasteiger partial charge in [-0.05, 0) is 33.2 Å². The number of nitrogen functional groups attached to an aromatic ring is 1. The van der Waals surface area contributed by atoms with Crippen molar-refractivity contribution in [3.8, 4) is 0 Å². The van der Waals surface area contributed by atoms with Crippen LogP contribution >= 0.6 is 0 Å². The highest BCUT2D eigenvalue weighted by Crippen LogP contribution is 2.23. The van der Waals surface area contributed by atoms with E-state index >= 15 is 0 Å². The molecule has 100 valence electrons. The molecule has 4 N–H and O–H groups in total. The molecular weight excluding hydrogens is 237 g/mol. The van der Waals surface area contributed by atoms with Gasteiger partial charge in [0.05, 0.1) is 16.9 Å². The van der Waals surface area contributed by atoms with Crippen molar-refractivity contribution in [2.75, 3.05) is 31.7 Å². The first-order valence-electron chi connectivity index (χ1n) is 5.55. The van der Waals surface area contributed by atoms with E-state index in [4.69, 9.17) is 10.8 Å². The SMILES string of the molecule is CC(CNc1cc(F)c(C(=O)O)cc1N)N(C)C. The third-order valence-corrected chi connectivity index (χ3v) is 2.84. The quantitative estimate of drug-likeness (QED) is 0.694. The van der Waals surface area contributed by atoms with Gasteiger partial charge in [-0.3, -0.25) is 0 Å². The summed E-state index contributed by atoms with van der Waals surface area (Å²) in [4.78, 5) is 12.7. The average Bonchev–Trinajstić information content (AvgIpc) is 2.28. The van der Waals surface area contributed by atoms with Crippen LogP contribution in [0.4, 0.5) is 15.8 Å². The first-order valence-corrected chi connectivity index (χ1v) is 5.55. The van der Waals surface area contributed by atoms with Gasteiger partial charge in [0, 0.05) is 12.6 Å². The number of nitrogens with zero attached hydrogens (tertiary/aromatic N) is 1. The summed E-state index contributed by atoms with van der Waals surface area (Å²) >= 11 is 0. The summed E-state index contributed by atoms with van der Waals surface area (Å²) in [5.41, 5.74) is 5.90. The Labute approximate surface area is 105 Å². The lowest BCUT2D eigenvalue weighted by Crippen LogP contribution is -2.31. The maximum absolute atomic E-state index is 13.5. The number of anilines is 2. The zero-order valence-electron chi connectivity index (χ0n) is 10.7. The van der Waals surface area contributed by atoms with Gasteiger partial charge in [-0.2, -0.15) is 0 Å². The van der Waals surface area contributed by atoms with Crippen LogP contribution in [-0.2, 0) is 0 Å². The lowest BCUT2D eigenvalue weighted by atomic mass is 10.1. The second kappa shape index (κ2) is 5.68. The summed E-state index contributed by atoms with van der Waals surface area (Å²) in [7, 11) is 3.87. The summed E-state index contributed by atoms with van der Waals surface area (Å²) in [5.74, 6) is -2.12. The van der Waals surface area contributed by atoms with Crippen molar-refractivity contribution in [2.45, 2.75) is 13.0 Å². The summed E-state index contributed by atoms with van der Waals surface area (Å²) in [6.45, 7) is 2.59. The Morgan fingerprint density at radius 1 is 1.56 bits per heavy atom. The number of aromatic carboxylic acids is 1. The highest BCUT2D eigenvalue weighted by molar-refractivity contribution is 5.90. The van der Waals surface area contributed by atoms with E-state index in [1.54, 1.807) is 0 Å². The predicted molar refractivity (Wildman–Crippen MR) is 69.4 cm³/mol. The smallest absolute Gasteiger partial charge is 0.338 e. The Morgan fingerprint density at radius 3 is 2.67 bits per heavy atom. The highest BCUT2D eigenvalue weighted by Gasteiger charge is 2.14. The lowest BCUT2D eigenvalue weighted by Gasteiger charge is -2.21. The Hall–Kier alpha value is -1.82. The number of nitrogens with two attached hydrogens (primary N) is 1. The largest absolute Gasteiger partial charge is 0.478 e. The summed E-state index contributed by atoms with van der Waals surface area (Å²) in [6.07, 6.45) is 0. The van der Waals surface area contributed by atoms with Crippen LogP contribution in [0.1, 0.15) is 17.3 Å². The number of carbonyl (C=O) groups is 1. The first-order chi connectivity index (χ1) is 8.32. The van der Waals surface area contributed by atoms with E-state index in [1.165, 1.54) is 0 Å². The Balaban J connectivity index is 2.85. The van der Waals surface area contributed by atoms with Crippen LogP contribution in [0, 0.1) is 5.82 Å². The molecule has 1 aromatic rings. The normalized spacial score (nSPS) is 12.5. The third-order valence-electron chi connectivity index (χ3n) is 2.84. The fraction of sp³-hybridized carbons (Fsp3) is 0.417. The Bertz CT molecular complexity index is 449. The van der Waals surface area contributed by atoms with Crippen LogP contribution in [0.15, 0.2) is 12.1 Å². The number of hydrogen-bond acceptors (Lipinski definition) is 4. The van der Waals surface area contributed by atoms with Gasteiger partial charge in [-0.25, -0.2) is 9.18 Å². The van der Waals surface area contributed by atoms with Crippen molar-refractivity contribution in [3.05, 3.63) is 23.5 Å². The molecule has 1 atom stereocenters. The number of likely N-dealkylation sites (N-methyl/N-ethyl adjacent to an activating group) is 1. The van der Waals surface area contributed by atoms with E-state index in [9.17, 15) is 9.18 Å². The van der Waals surface area contributed by atoms with Crippen molar-refractivity contribution in [1.29, 1.82) is 0 Å². The lowest BCUT2D eigenvalue weighted by molar-refractivity contribution is 0.0692. The van der Waals surface area contributed by atoms with Crippen molar-refractivity contribution in [1.82, 2.24) is 4.90 Å². The molecule has 0 amide bonds. The standard InChI is InChI=1S/C12H18FN3O2/c1-7(16(2)3)6-15-11-5-9(13)8(12(17)18)4-10(11)14/h4-5,7,15H,6,14H2,1-3H3,(H,17,18). The molecule has 0 heterocycles. The van der Waals surface area contributed by atoms with Gasteiger partial charge in [0.15, 0.2) is 0 Å². The number of rotatable bonds is 5. The maximum Gasteiger partial charge on any atom is 0.338 e. The molecule has 0 bridgehead atoms. The van der Waals surface area contributed by atoms with Gasteiger partial charge in [0.2, 0.25) is 0 Å². The van der Waals surface area contributed by atoms with Gasteiger partial charge in [-0.15, -0.1) is 0 Å². The van der Waals surface area contributed by atoms with Crippen LogP contribution < -0.4 is 11.1 Å². The highest BCUT2D eigenvalue weighted by atomic mass is 19.1. The minimum Gasteiger partial charge on any atom is -0.478 e. The second-order valence-corrected chi connectivity index (χ2v) is 4.42. The van der Waals surface area contributed by atoms with Crippen LogP contribution in [0.2, 0.25) is 0 Å². The van der Waals surface area contributed by atoms with Crippen LogP contribution in [0.5, 0.6) is 0 Å². The zero-order chi connectivity index (χ0) is 13.9. The molecule has 0 saturated carbocycles. The van der Waals surface area contributed by atoms with Crippen LogP contribution in [0.3, 0.4) is 0 Å². The van der Waals surface area contributed by atoms with Gasteiger partial charge in [0.25, 0.3) is 0 Å². The van der Waals surface area contributed by atoms with Crippen LogP contribution in [-0.4, -0.2) is 42.7 Å². The minimum atomic E-state index is -1.33. The number of hydrogen-bond donors (Lipinski definition) is 3. The van der Waals surface area contributed by atoms with E-state index in [-0.39, 0.29) is 11.7 Å². The molecule has 0 fully saturated rings. The van der Waals surface area contributed by atoms with E-state index in [1.807, 2.05) is 25.9 Å². The van der Waals surface area contributed by atoms with E-state index in [0.717, 1.165) is 12.1 Å². The summed E-state index contributed by atoms with van der Waals surface area (Å²) < 4.78 is 13.5. The molecule has 0 saturated heterocycles. The van der Waals surface area contributed by atoms with Gasteiger partial charge < -0.3 is 21.1 Å². The monoisotopic (exact) mass is 255 g/mol. The molecule has 0 spiro atoms. The molecular formula is C12H18FN3O2.